The molecule has 0 saturated carbocycles. The van der Waals surface area contributed by atoms with Crippen LogP contribution in [0.5, 0.6) is 0 Å². The average molecular weight is 232 g/mol. The van der Waals surface area contributed by atoms with Crippen LogP contribution in [-0.4, -0.2) is 28.5 Å². The number of nitrogens with zero attached hydrogens (tertiary/aromatic N) is 2. The second kappa shape index (κ2) is 5.10. The first-order valence-electron chi connectivity index (χ1n) is 5.73. The van der Waals surface area contributed by atoms with E-state index in [1.165, 1.54) is 0 Å². The van der Waals surface area contributed by atoms with Gasteiger partial charge in [0, 0.05) is 29.9 Å². The van der Waals surface area contributed by atoms with Gasteiger partial charge in [0.15, 0.2) is 6.29 Å². The fourth-order valence-electron chi connectivity index (χ4n) is 1.80. The number of hydrogen-bond acceptors (Lipinski definition) is 3. The number of ether oxygens (including phenoxy) is 1. The second-order valence-electron chi connectivity index (χ2n) is 4.19. The minimum atomic E-state index is 0.218. The van der Waals surface area contributed by atoms with Gasteiger partial charge in [-0.25, -0.2) is 4.98 Å². The molecular formula is C13H16N2O2. The molecule has 90 valence electrons. The largest absolute Gasteiger partial charge is 0.377 e. The van der Waals surface area contributed by atoms with Crippen LogP contribution in [0.1, 0.15) is 24.2 Å². The molecule has 17 heavy (non-hydrogen) atoms. The molecule has 0 radical (unpaired) electrons. The Kier molecular flexibility index (Phi) is 3.54. The highest BCUT2D eigenvalue weighted by atomic mass is 16.5. The van der Waals surface area contributed by atoms with E-state index < -0.39 is 0 Å². The Morgan fingerprint density at radius 2 is 2.35 bits per heavy atom. The van der Waals surface area contributed by atoms with Crippen LogP contribution >= 0.6 is 0 Å². The third-order valence-corrected chi connectivity index (χ3v) is 2.58. The highest BCUT2D eigenvalue weighted by Crippen LogP contribution is 2.17. The van der Waals surface area contributed by atoms with Gasteiger partial charge < -0.3 is 9.30 Å². The lowest BCUT2D eigenvalue weighted by Crippen LogP contribution is -2.10. The summed E-state index contributed by atoms with van der Waals surface area (Å²) in [6.07, 6.45) is 4.64. The van der Waals surface area contributed by atoms with Crippen molar-refractivity contribution in [2.24, 2.45) is 0 Å². The third kappa shape index (κ3) is 2.53. The fraction of sp³-hybridized carbons (Fsp3) is 0.385. The van der Waals surface area contributed by atoms with Gasteiger partial charge in [0.05, 0.1) is 12.7 Å². The summed E-state index contributed by atoms with van der Waals surface area (Å²) >= 11 is 0. The van der Waals surface area contributed by atoms with Crippen LogP contribution in [0, 0.1) is 0 Å². The van der Waals surface area contributed by atoms with Crippen molar-refractivity contribution in [3.05, 3.63) is 30.1 Å². The number of aromatic nitrogens is 2. The van der Waals surface area contributed by atoms with Crippen LogP contribution in [0.15, 0.2) is 24.5 Å². The molecule has 4 heteroatoms. The zero-order valence-corrected chi connectivity index (χ0v) is 10.1. The second-order valence-corrected chi connectivity index (χ2v) is 4.19. The molecular weight excluding hydrogens is 216 g/mol. The van der Waals surface area contributed by atoms with Crippen molar-refractivity contribution >= 4 is 17.3 Å². The van der Waals surface area contributed by atoms with Crippen molar-refractivity contribution in [1.29, 1.82) is 0 Å². The summed E-state index contributed by atoms with van der Waals surface area (Å²) in [5.41, 5.74) is 1.51. The number of hydrogen-bond donors (Lipinski definition) is 0. The van der Waals surface area contributed by atoms with E-state index in [-0.39, 0.29) is 6.10 Å². The van der Waals surface area contributed by atoms with Crippen molar-refractivity contribution < 1.29 is 9.53 Å². The monoisotopic (exact) mass is 232 g/mol. The molecule has 0 amide bonds. The molecule has 0 aromatic carbocycles. The first-order chi connectivity index (χ1) is 8.22. The van der Waals surface area contributed by atoms with Crippen molar-refractivity contribution in [2.75, 3.05) is 6.61 Å². The first-order valence-corrected chi connectivity index (χ1v) is 5.73. The van der Waals surface area contributed by atoms with E-state index in [2.05, 4.69) is 4.98 Å². The number of pyridine rings is 1. The molecule has 2 heterocycles. The molecule has 0 bridgehead atoms. The van der Waals surface area contributed by atoms with Gasteiger partial charge in [0.2, 0.25) is 0 Å². The van der Waals surface area contributed by atoms with Gasteiger partial charge >= 0.3 is 0 Å². The summed E-state index contributed by atoms with van der Waals surface area (Å²) in [6, 6.07) is 3.75. The van der Waals surface area contributed by atoms with Gasteiger partial charge in [-0.3, -0.25) is 4.79 Å². The summed E-state index contributed by atoms with van der Waals surface area (Å²) in [5, 5.41) is 0.895. The van der Waals surface area contributed by atoms with E-state index in [4.69, 9.17) is 4.74 Å². The van der Waals surface area contributed by atoms with Gasteiger partial charge in [-0.05, 0) is 26.0 Å². The van der Waals surface area contributed by atoms with Crippen LogP contribution in [-0.2, 0) is 11.3 Å². The molecule has 0 saturated heterocycles. The molecule has 0 atom stereocenters. The standard InChI is InChI=1S/C13H16N2O2/c1-10(2)17-7-6-15-8-11(9-16)12-4-3-5-14-13(12)15/h3-5,8-10H,6-7H2,1-2H3. The fourth-order valence-corrected chi connectivity index (χ4v) is 1.80. The number of rotatable bonds is 5. The smallest absolute Gasteiger partial charge is 0.152 e. The van der Waals surface area contributed by atoms with E-state index in [9.17, 15) is 4.79 Å². The maximum absolute atomic E-state index is 10.9. The number of fused-ring (bicyclic) bond motifs is 1. The normalized spacial score (nSPS) is 11.2. The van der Waals surface area contributed by atoms with Gasteiger partial charge in [-0.15, -0.1) is 0 Å². The van der Waals surface area contributed by atoms with Crippen LogP contribution in [0.25, 0.3) is 11.0 Å². The highest BCUT2D eigenvalue weighted by Gasteiger charge is 2.08. The van der Waals surface area contributed by atoms with Gasteiger partial charge in [0.1, 0.15) is 5.65 Å². The Hall–Kier alpha value is -1.68. The number of aldehydes is 1. The van der Waals surface area contributed by atoms with E-state index in [0.29, 0.717) is 18.7 Å². The number of carbonyl (C=O) groups is 1. The SMILES string of the molecule is CC(C)OCCn1cc(C=O)c2cccnc21. The van der Waals surface area contributed by atoms with E-state index >= 15 is 0 Å². The molecule has 4 nitrogen and oxygen atoms in total. The molecule has 2 rings (SSSR count). The lowest BCUT2D eigenvalue weighted by atomic mass is 10.2. The Labute approximate surface area is 100 Å². The third-order valence-electron chi connectivity index (χ3n) is 2.58. The molecule has 0 N–H and O–H groups in total. The Morgan fingerprint density at radius 1 is 1.53 bits per heavy atom. The average Bonchev–Trinajstić information content (AvgIpc) is 2.68. The summed E-state index contributed by atoms with van der Waals surface area (Å²) < 4.78 is 7.46. The minimum absolute atomic E-state index is 0.218. The van der Waals surface area contributed by atoms with Crippen LogP contribution in [0.4, 0.5) is 0 Å². The topological polar surface area (TPSA) is 44.1 Å². The van der Waals surface area contributed by atoms with E-state index in [0.717, 1.165) is 17.3 Å². The van der Waals surface area contributed by atoms with Gasteiger partial charge in [-0.1, -0.05) is 0 Å². The van der Waals surface area contributed by atoms with Crippen molar-refractivity contribution in [1.82, 2.24) is 9.55 Å². The van der Waals surface area contributed by atoms with Crippen molar-refractivity contribution in [3.63, 3.8) is 0 Å². The van der Waals surface area contributed by atoms with Gasteiger partial charge in [-0.2, -0.15) is 0 Å². The first kappa shape index (κ1) is 11.8. The summed E-state index contributed by atoms with van der Waals surface area (Å²) in [4.78, 5) is 15.2. The minimum Gasteiger partial charge on any atom is -0.377 e. The van der Waals surface area contributed by atoms with Crippen LogP contribution < -0.4 is 0 Å². The maximum Gasteiger partial charge on any atom is 0.152 e. The molecule has 0 aliphatic rings. The molecule has 2 aromatic heterocycles. The predicted octanol–water partition coefficient (Wildman–Crippen LogP) is 2.27. The highest BCUT2D eigenvalue weighted by molar-refractivity contribution is 5.95. The number of carbonyl (C=O) groups excluding carboxylic acids is 1. The lowest BCUT2D eigenvalue weighted by Gasteiger charge is -2.08. The molecule has 0 spiro atoms. The molecule has 2 aromatic rings. The zero-order valence-electron chi connectivity index (χ0n) is 10.1. The molecule has 0 fully saturated rings. The van der Waals surface area contributed by atoms with Crippen LogP contribution in [0.2, 0.25) is 0 Å². The van der Waals surface area contributed by atoms with Crippen molar-refractivity contribution in [2.45, 2.75) is 26.5 Å². The summed E-state index contributed by atoms with van der Waals surface area (Å²) in [6.45, 7) is 5.33. The zero-order chi connectivity index (χ0) is 12.3. The van der Waals surface area contributed by atoms with Crippen molar-refractivity contribution in [3.8, 4) is 0 Å². The predicted molar refractivity (Wildman–Crippen MR) is 66.2 cm³/mol. The lowest BCUT2D eigenvalue weighted by molar-refractivity contribution is 0.0732. The van der Waals surface area contributed by atoms with Gasteiger partial charge in [0.25, 0.3) is 0 Å². The molecule has 0 aliphatic carbocycles. The van der Waals surface area contributed by atoms with E-state index in [1.54, 1.807) is 6.20 Å². The Bertz CT molecular complexity index is 517. The molecule has 0 aliphatic heterocycles. The Morgan fingerprint density at radius 3 is 3.06 bits per heavy atom. The summed E-state index contributed by atoms with van der Waals surface area (Å²) in [7, 11) is 0. The molecule has 0 unspecified atom stereocenters. The Balaban J connectivity index is 2.25. The quantitative estimate of drug-likeness (QED) is 0.743. The van der Waals surface area contributed by atoms with E-state index in [1.807, 2.05) is 36.7 Å². The summed E-state index contributed by atoms with van der Waals surface area (Å²) in [5.74, 6) is 0. The van der Waals surface area contributed by atoms with Crippen LogP contribution in [0.3, 0.4) is 0 Å². The maximum atomic E-state index is 10.9.